The third kappa shape index (κ3) is 16.9. The van der Waals surface area contributed by atoms with E-state index in [1.54, 1.807) is 0 Å². The Morgan fingerprint density at radius 1 is 0.640 bits per heavy atom. The van der Waals surface area contributed by atoms with Gasteiger partial charge in [0.15, 0.2) is 0 Å². The number of hydrogen-bond donors (Lipinski definition) is 4. The molecule has 3 aliphatic rings. The number of amides is 2. The lowest BCUT2D eigenvalue weighted by Crippen LogP contribution is -2.40. The van der Waals surface area contributed by atoms with E-state index >= 15 is 0 Å². The lowest BCUT2D eigenvalue weighted by Gasteiger charge is -2.33. The maximum Gasteiger partial charge on any atom is 0.407 e. The van der Waals surface area contributed by atoms with Gasteiger partial charge in [-0.15, -0.1) is 0 Å². The van der Waals surface area contributed by atoms with Crippen LogP contribution in [0, 0.1) is 17.8 Å². The fraction of sp³-hybridized carbons (Fsp3) is 0.650. The van der Waals surface area contributed by atoms with E-state index in [9.17, 15) is 9.59 Å². The van der Waals surface area contributed by atoms with Gasteiger partial charge < -0.3 is 41.0 Å². The van der Waals surface area contributed by atoms with Crippen molar-refractivity contribution in [2.75, 3.05) is 68.7 Å². The summed E-state index contributed by atoms with van der Waals surface area (Å²) in [5, 5.41) is 9.00. The summed E-state index contributed by atoms with van der Waals surface area (Å²) >= 11 is 0. The number of benzene rings is 2. The van der Waals surface area contributed by atoms with E-state index in [1.165, 1.54) is 24.2 Å². The van der Waals surface area contributed by atoms with Crippen molar-refractivity contribution in [3.05, 3.63) is 60.7 Å². The quantitative estimate of drug-likeness (QED) is 0.250. The van der Waals surface area contributed by atoms with E-state index in [-0.39, 0.29) is 12.2 Å². The van der Waals surface area contributed by atoms with Crippen LogP contribution in [0.15, 0.2) is 60.7 Å². The van der Waals surface area contributed by atoms with Crippen molar-refractivity contribution in [2.45, 2.75) is 91.3 Å². The first-order chi connectivity index (χ1) is 23.8. The van der Waals surface area contributed by atoms with Crippen molar-refractivity contribution < 1.29 is 19.1 Å². The van der Waals surface area contributed by atoms with Crippen LogP contribution in [-0.2, 0) is 9.47 Å². The van der Waals surface area contributed by atoms with Gasteiger partial charge in [0.2, 0.25) is 0 Å². The van der Waals surface area contributed by atoms with Crippen LogP contribution in [0.5, 0.6) is 0 Å². The molecule has 2 aromatic rings. The van der Waals surface area contributed by atoms with Crippen molar-refractivity contribution in [3.63, 3.8) is 0 Å². The highest BCUT2D eigenvalue weighted by Gasteiger charge is 2.22. The van der Waals surface area contributed by atoms with Crippen LogP contribution < -0.4 is 31.5 Å². The molecule has 280 valence electrons. The van der Waals surface area contributed by atoms with Crippen LogP contribution in [0.1, 0.15) is 80.1 Å². The third-order valence-electron chi connectivity index (χ3n) is 9.13. The van der Waals surface area contributed by atoms with E-state index in [0.29, 0.717) is 18.4 Å². The minimum Gasteiger partial charge on any atom is -0.444 e. The molecule has 3 aliphatic heterocycles. The number of piperidine rings is 3. The zero-order valence-corrected chi connectivity index (χ0v) is 31.7. The van der Waals surface area contributed by atoms with Crippen LogP contribution >= 0.6 is 0 Å². The monoisotopic (exact) mass is 695 g/mol. The number of hydrogen-bond acceptors (Lipinski definition) is 8. The molecule has 0 atom stereocenters. The summed E-state index contributed by atoms with van der Waals surface area (Å²) in [6.45, 7) is 20.1. The molecule has 10 nitrogen and oxygen atoms in total. The molecule has 3 fully saturated rings. The van der Waals surface area contributed by atoms with Crippen LogP contribution in [0.25, 0.3) is 0 Å². The number of carbonyl (C=O) groups is 2. The molecule has 0 bridgehead atoms. The van der Waals surface area contributed by atoms with Crippen molar-refractivity contribution in [1.29, 1.82) is 0 Å². The molecule has 5 rings (SSSR count). The summed E-state index contributed by atoms with van der Waals surface area (Å²) < 4.78 is 10.4. The molecular formula is C40H66N6O4. The number of nitrogens with zero attached hydrogens (tertiary/aromatic N) is 2. The maximum atomic E-state index is 11.6. The molecule has 2 aromatic carbocycles. The number of nitrogens with two attached hydrogens (primary N) is 1. The van der Waals surface area contributed by atoms with Crippen LogP contribution in [0.4, 0.5) is 21.0 Å². The van der Waals surface area contributed by atoms with E-state index in [0.717, 1.165) is 84.0 Å². The Hall–Kier alpha value is -3.50. The number of alkyl carbamates (subject to hydrolysis) is 2. The zero-order chi connectivity index (χ0) is 36.4. The van der Waals surface area contributed by atoms with E-state index in [4.69, 9.17) is 15.2 Å². The number of rotatable bonds is 7. The lowest BCUT2D eigenvalue weighted by atomic mass is 9.96. The predicted octanol–water partition coefficient (Wildman–Crippen LogP) is 6.80. The van der Waals surface area contributed by atoms with Crippen LogP contribution in [0.3, 0.4) is 0 Å². The number of para-hydroxylation sites is 2. The molecule has 0 saturated carbocycles. The second-order valence-electron chi connectivity index (χ2n) is 15.7. The largest absolute Gasteiger partial charge is 0.444 e. The number of nitrogens with one attached hydrogen (secondary N) is 3. The van der Waals surface area contributed by atoms with Crippen LogP contribution in [0.2, 0.25) is 0 Å². The molecule has 0 unspecified atom stereocenters. The van der Waals surface area contributed by atoms with Gasteiger partial charge >= 0.3 is 12.2 Å². The molecule has 50 heavy (non-hydrogen) atoms. The number of carbonyl (C=O) groups excluding carboxylic acids is 2. The standard InChI is InChI=1S/C17H26N2O2.C12H18N2.C11H22N2O2/c1-17(2,3)21-16(20)18-13-14-9-11-19(12-10-14)15-7-5-4-6-8-15;13-10-11-6-8-14(9-7-11)12-4-2-1-3-5-12;1-11(2,3)15-10(14)13-8-9-4-6-12-7-5-9/h4-8,14H,9-13H2,1-3H3,(H,18,20);1-5,11H,6-10,13H2;9,12H,4-8H2,1-3H3,(H,13,14). The van der Waals surface area contributed by atoms with Crippen LogP contribution in [-0.4, -0.2) is 82.3 Å². The average Bonchev–Trinajstić information content (AvgIpc) is 3.10. The molecule has 0 aliphatic carbocycles. The highest BCUT2D eigenvalue weighted by Crippen LogP contribution is 2.23. The fourth-order valence-electron chi connectivity index (χ4n) is 6.27. The van der Waals surface area contributed by atoms with Gasteiger partial charge in [-0.3, -0.25) is 0 Å². The Labute approximate surface area is 302 Å². The van der Waals surface area contributed by atoms with Gasteiger partial charge in [0.1, 0.15) is 11.2 Å². The summed E-state index contributed by atoms with van der Waals surface area (Å²) in [6, 6.07) is 21.1. The van der Waals surface area contributed by atoms with Crippen molar-refractivity contribution in [3.8, 4) is 0 Å². The van der Waals surface area contributed by atoms with Gasteiger partial charge in [-0.1, -0.05) is 36.4 Å². The molecule has 3 heterocycles. The molecule has 0 spiro atoms. The highest BCUT2D eigenvalue weighted by molar-refractivity contribution is 5.68. The normalized spacial score (nSPS) is 17.7. The lowest BCUT2D eigenvalue weighted by molar-refractivity contribution is 0.0505. The van der Waals surface area contributed by atoms with Crippen molar-refractivity contribution in [2.24, 2.45) is 23.5 Å². The van der Waals surface area contributed by atoms with Gasteiger partial charge in [0.25, 0.3) is 0 Å². The Balaban J connectivity index is 0.000000209. The average molecular weight is 695 g/mol. The first-order valence-corrected chi connectivity index (χ1v) is 18.8. The first kappa shape index (κ1) is 40.9. The summed E-state index contributed by atoms with van der Waals surface area (Å²) in [4.78, 5) is 27.9. The first-order valence-electron chi connectivity index (χ1n) is 18.8. The van der Waals surface area contributed by atoms with Crippen molar-refractivity contribution >= 4 is 23.6 Å². The minimum absolute atomic E-state index is 0.305. The van der Waals surface area contributed by atoms with Gasteiger partial charge in [-0.2, -0.15) is 0 Å². The molecule has 2 amide bonds. The minimum atomic E-state index is -0.430. The second-order valence-corrected chi connectivity index (χ2v) is 15.7. The smallest absolute Gasteiger partial charge is 0.407 e. The third-order valence-corrected chi connectivity index (χ3v) is 9.13. The molecule has 10 heteroatoms. The SMILES string of the molecule is CC(C)(C)OC(=O)NCC1CCN(c2ccccc2)CC1.CC(C)(C)OC(=O)NCC1CCNCC1.NCC1CCN(c2ccccc2)CC1. The topological polar surface area (TPSA) is 121 Å². The zero-order valence-electron chi connectivity index (χ0n) is 31.7. The van der Waals surface area contributed by atoms with E-state index in [1.807, 2.05) is 47.6 Å². The van der Waals surface area contributed by atoms with E-state index < -0.39 is 11.2 Å². The number of anilines is 2. The molecule has 5 N–H and O–H groups in total. The Bertz CT molecular complexity index is 1210. The second kappa shape index (κ2) is 21.0. The van der Waals surface area contributed by atoms with Gasteiger partial charge in [-0.05, 0) is 142 Å². The van der Waals surface area contributed by atoms with Gasteiger partial charge in [-0.25, -0.2) is 9.59 Å². The Morgan fingerprint density at radius 2 is 1.00 bits per heavy atom. The van der Waals surface area contributed by atoms with Crippen molar-refractivity contribution in [1.82, 2.24) is 16.0 Å². The molecule has 0 radical (unpaired) electrons. The predicted molar refractivity (Wildman–Crippen MR) is 206 cm³/mol. The molecule has 0 aromatic heterocycles. The summed E-state index contributed by atoms with van der Waals surface area (Å²) in [5.74, 6) is 1.88. The maximum absolute atomic E-state index is 11.6. The summed E-state index contributed by atoms with van der Waals surface area (Å²) in [7, 11) is 0. The molecule has 3 saturated heterocycles. The Morgan fingerprint density at radius 3 is 1.36 bits per heavy atom. The molecular weight excluding hydrogens is 628 g/mol. The summed E-state index contributed by atoms with van der Waals surface area (Å²) in [6.07, 6.45) is 6.34. The highest BCUT2D eigenvalue weighted by atomic mass is 16.6. The summed E-state index contributed by atoms with van der Waals surface area (Å²) in [5.41, 5.74) is 7.47. The van der Waals surface area contributed by atoms with Gasteiger partial charge in [0.05, 0.1) is 0 Å². The Kier molecular flexibility index (Phi) is 17.2. The van der Waals surface area contributed by atoms with Gasteiger partial charge in [0, 0.05) is 50.6 Å². The number of ether oxygens (including phenoxy) is 2. The fourth-order valence-corrected chi connectivity index (χ4v) is 6.27. The van der Waals surface area contributed by atoms with E-state index in [2.05, 4.69) is 80.3 Å².